The predicted molar refractivity (Wildman–Crippen MR) is 73.9 cm³/mol. The van der Waals surface area contributed by atoms with Gasteiger partial charge in [0, 0.05) is 5.56 Å². The summed E-state index contributed by atoms with van der Waals surface area (Å²) in [5, 5.41) is 2.06. The minimum absolute atomic E-state index is 0.851. The van der Waals surface area contributed by atoms with Gasteiger partial charge in [-0.15, -0.1) is 11.3 Å². The Labute approximate surface area is 109 Å². The molecule has 0 fully saturated rings. The zero-order chi connectivity index (χ0) is 12.4. The van der Waals surface area contributed by atoms with E-state index in [-0.39, 0.29) is 0 Å². The van der Waals surface area contributed by atoms with Crippen molar-refractivity contribution in [2.45, 2.75) is 0 Å². The molecule has 2 aromatic heterocycles. The van der Waals surface area contributed by atoms with Crippen molar-refractivity contribution in [2.75, 3.05) is 7.11 Å². The first-order valence-corrected chi connectivity index (χ1v) is 6.48. The third kappa shape index (κ3) is 2.02. The van der Waals surface area contributed by atoms with Crippen LogP contribution in [0.3, 0.4) is 0 Å². The maximum atomic E-state index is 5.14. The Kier molecular flexibility index (Phi) is 2.86. The van der Waals surface area contributed by atoms with Crippen LogP contribution in [-0.4, -0.2) is 17.1 Å². The molecule has 0 aliphatic heterocycles. The van der Waals surface area contributed by atoms with Gasteiger partial charge in [0.1, 0.15) is 11.6 Å². The lowest BCUT2D eigenvalue weighted by molar-refractivity contribution is 0.415. The summed E-state index contributed by atoms with van der Waals surface area (Å²) >= 11 is 1.70. The van der Waals surface area contributed by atoms with Crippen LogP contribution in [0, 0.1) is 0 Å². The number of hydrogen-bond acceptors (Lipinski definition) is 3. The highest BCUT2D eigenvalue weighted by molar-refractivity contribution is 7.13. The number of benzene rings is 1. The van der Waals surface area contributed by atoms with Crippen LogP contribution in [0.5, 0.6) is 5.75 Å². The molecule has 0 unspecified atom stereocenters. The Balaban J connectivity index is 1.92. The van der Waals surface area contributed by atoms with Crippen LogP contribution in [0.1, 0.15) is 0 Å². The molecule has 4 heteroatoms. The molecule has 0 amide bonds. The Hall–Kier alpha value is -2.07. The first-order chi connectivity index (χ1) is 8.86. The van der Waals surface area contributed by atoms with E-state index in [2.05, 4.69) is 21.4 Å². The molecule has 1 N–H and O–H groups in total. The monoisotopic (exact) mass is 256 g/mol. The number of methoxy groups -OCH3 is 1. The summed E-state index contributed by atoms with van der Waals surface area (Å²) in [6.07, 6.45) is 1.87. The maximum absolute atomic E-state index is 5.14. The molecule has 0 spiro atoms. The Morgan fingerprint density at radius 2 is 2.00 bits per heavy atom. The van der Waals surface area contributed by atoms with E-state index in [0.717, 1.165) is 22.8 Å². The smallest absolute Gasteiger partial charge is 0.137 e. The van der Waals surface area contributed by atoms with Gasteiger partial charge in [-0.25, -0.2) is 4.98 Å². The average Bonchev–Trinajstić information content (AvgIpc) is 3.09. The van der Waals surface area contributed by atoms with Crippen molar-refractivity contribution in [2.24, 2.45) is 0 Å². The van der Waals surface area contributed by atoms with Gasteiger partial charge >= 0.3 is 0 Å². The number of rotatable bonds is 3. The van der Waals surface area contributed by atoms with Gasteiger partial charge in [0.25, 0.3) is 0 Å². The molecule has 0 saturated heterocycles. The molecule has 1 aromatic carbocycles. The first kappa shape index (κ1) is 11.0. The van der Waals surface area contributed by atoms with Crippen LogP contribution in [0.25, 0.3) is 22.0 Å². The average molecular weight is 256 g/mol. The lowest BCUT2D eigenvalue weighted by Gasteiger charge is -2.00. The quantitative estimate of drug-likeness (QED) is 0.773. The zero-order valence-electron chi connectivity index (χ0n) is 9.88. The molecule has 3 rings (SSSR count). The molecular weight excluding hydrogens is 244 g/mol. The first-order valence-electron chi connectivity index (χ1n) is 5.60. The fourth-order valence-electron chi connectivity index (χ4n) is 1.77. The molecule has 0 bridgehead atoms. The summed E-state index contributed by atoms with van der Waals surface area (Å²) in [7, 11) is 1.66. The molecule has 90 valence electrons. The van der Waals surface area contributed by atoms with E-state index < -0.39 is 0 Å². The number of aromatic nitrogens is 2. The van der Waals surface area contributed by atoms with E-state index in [9.17, 15) is 0 Å². The van der Waals surface area contributed by atoms with E-state index in [1.807, 2.05) is 36.5 Å². The van der Waals surface area contributed by atoms with Gasteiger partial charge in [0.05, 0.1) is 23.9 Å². The summed E-state index contributed by atoms with van der Waals surface area (Å²) < 4.78 is 5.14. The summed E-state index contributed by atoms with van der Waals surface area (Å²) in [5.41, 5.74) is 2.11. The number of nitrogens with one attached hydrogen (secondary N) is 1. The number of aromatic amines is 1. The second-order valence-electron chi connectivity index (χ2n) is 3.85. The normalized spacial score (nSPS) is 10.5. The highest BCUT2D eigenvalue weighted by Crippen LogP contribution is 2.26. The molecule has 0 aliphatic rings. The van der Waals surface area contributed by atoms with Gasteiger partial charge in [0.2, 0.25) is 0 Å². The SMILES string of the molecule is COc1ccc(-c2ncc(-c3cccs3)[nH]2)cc1. The summed E-state index contributed by atoms with van der Waals surface area (Å²) in [6, 6.07) is 12.0. The van der Waals surface area contributed by atoms with Gasteiger partial charge < -0.3 is 9.72 Å². The van der Waals surface area contributed by atoms with Crippen molar-refractivity contribution >= 4 is 11.3 Å². The lowest BCUT2D eigenvalue weighted by atomic mass is 10.2. The zero-order valence-corrected chi connectivity index (χ0v) is 10.7. The van der Waals surface area contributed by atoms with E-state index in [0.29, 0.717) is 0 Å². The Morgan fingerprint density at radius 1 is 1.17 bits per heavy atom. The third-order valence-electron chi connectivity index (χ3n) is 2.73. The van der Waals surface area contributed by atoms with E-state index in [4.69, 9.17) is 4.74 Å². The van der Waals surface area contributed by atoms with Crippen LogP contribution < -0.4 is 4.74 Å². The minimum atomic E-state index is 0.851. The van der Waals surface area contributed by atoms with Gasteiger partial charge in [-0.3, -0.25) is 0 Å². The van der Waals surface area contributed by atoms with E-state index >= 15 is 0 Å². The molecule has 3 nitrogen and oxygen atoms in total. The summed E-state index contributed by atoms with van der Waals surface area (Å²) in [5.74, 6) is 1.73. The largest absolute Gasteiger partial charge is 0.497 e. The molecule has 0 radical (unpaired) electrons. The van der Waals surface area contributed by atoms with Crippen molar-refractivity contribution in [3.8, 4) is 27.7 Å². The Bertz CT molecular complexity index is 626. The fourth-order valence-corrected chi connectivity index (χ4v) is 2.47. The number of ether oxygens (including phenoxy) is 1. The second-order valence-corrected chi connectivity index (χ2v) is 4.80. The lowest BCUT2D eigenvalue weighted by Crippen LogP contribution is -1.84. The van der Waals surface area contributed by atoms with Crippen molar-refractivity contribution in [3.63, 3.8) is 0 Å². The predicted octanol–water partition coefficient (Wildman–Crippen LogP) is 3.81. The highest BCUT2D eigenvalue weighted by Gasteiger charge is 2.06. The molecular formula is C14H12N2OS. The van der Waals surface area contributed by atoms with Crippen molar-refractivity contribution in [1.82, 2.24) is 9.97 Å². The number of thiophene rings is 1. The molecule has 2 heterocycles. The fraction of sp³-hybridized carbons (Fsp3) is 0.0714. The van der Waals surface area contributed by atoms with Crippen LogP contribution in [0.4, 0.5) is 0 Å². The second kappa shape index (κ2) is 4.66. The van der Waals surface area contributed by atoms with Crippen LogP contribution in [0.15, 0.2) is 48.0 Å². The van der Waals surface area contributed by atoms with Crippen molar-refractivity contribution in [1.29, 1.82) is 0 Å². The third-order valence-corrected chi connectivity index (χ3v) is 3.63. The molecule has 18 heavy (non-hydrogen) atoms. The Morgan fingerprint density at radius 3 is 2.67 bits per heavy atom. The number of hydrogen-bond donors (Lipinski definition) is 1. The van der Waals surface area contributed by atoms with Gasteiger partial charge in [0.15, 0.2) is 0 Å². The van der Waals surface area contributed by atoms with E-state index in [1.54, 1.807) is 18.4 Å². The van der Waals surface area contributed by atoms with Gasteiger partial charge in [-0.1, -0.05) is 6.07 Å². The molecule has 0 atom stereocenters. The summed E-state index contributed by atoms with van der Waals surface area (Å²) in [4.78, 5) is 8.93. The number of imidazole rings is 1. The van der Waals surface area contributed by atoms with Crippen molar-refractivity contribution < 1.29 is 4.74 Å². The van der Waals surface area contributed by atoms with Gasteiger partial charge in [-0.05, 0) is 35.7 Å². The van der Waals surface area contributed by atoms with Crippen LogP contribution >= 0.6 is 11.3 Å². The minimum Gasteiger partial charge on any atom is -0.497 e. The number of nitrogens with zero attached hydrogens (tertiary/aromatic N) is 1. The molecule has 3 aromatic rings. The molecule has 0 saturated carbocycles. The summed E-state index contributed by atoms with van der Waals surface area (Å²) in [6.45, 7) is 0. The topological polar surface area (TPSA) is 37.9 Å². The standard InChI is InChI=1S/C14H12N2OS/c1-17-11-6-4-10(5-7-11)14-15-9-12(16-14)13-3-2-8-18-13/h2-9H,1H3,(H,15,16). The van der Waals surface area contributed by atoms with Crippen LogP contribution in [0.2, 0.25) is 0 Å². The highest BCUT2D eigenvalue weighted by atomic mass is 32.1. The van der Waals surface area contributed by atoms with Gasteiger partial charge in [-0.2, -0.15) is 0 Å². The van der Waals surface area contributed by atoms with Crippen molar-refractivity contribution in [3.05, 3.63) is 48.0 Å². The number of H-pyrrole nitrogens is 1. The van der Waals surface area contributed by atoms with Crippen LogP contribution in [-0.2, 0) is 0 Å². The van der Waals surface area contributed by atoms with E-state index in [1.165, 1.54) is 4.88 Å². The maximum Gasteiger partial charge on any atom is 0.137 e. The molecule has 0 aliphatic carbocycles.